The Bertz CT molecular complexity index is 155. The van der Waals surface area contributed by atoms with Crippen molar-refractivity contribution in [2.45, 2.75) is 58.2 Å². The highest BCUT2D eigenvalue weighted by Gasteiger charge is 2.44. The molecular formula is C11H20O. The maximum absolute atomic E-state index is 6.04. The molecule has 12 heavy (non-hydrogen) atoms. The van der Waals surface area contributed by atoms with E-state index in [-0.39, 0.29) is 0 Å². The maximum atomic E-state index is 6.04. The number of ether oxygens (including phenoxy) is 1. The zero-order chi connectivity index (χ0) is 8.55. The predicted octanol–water partition coefficient (Wildman–Crippen LogP) is 2.99. The summed E-state index contributed by atoms with van der Waals surface area (Å²) in [5, 5.41) is 0. The lowest BCUT2D eigenvalue weighted by molar-refractivity contribution is 0.0299. The first kappa shape index (κ1) is 8.55. The van der Waals surface area contributed by atoms with E-state index >= 15 is 0 Å². The van der Waals surface area contributed by atoms with Crippen LogP contribution in [-0.4, -0.2) is 12.2 Å². The molecule has 0 amide bonds. The van der Waals surface area contributed by atoms with Gasteiger partial charge in [0.1, 0.15) is 0 Å². The molecule has 1 nitrogen and oxygen atoms in total. The summed E-state index contributed by atoms with van der Waals surface area (Å²) in [4.78, 5) is 0. The molecule has 1 saturated carbocycles. The van der Waals surface area contributed by atoms with E-state index in [1.807, 2.05) is 0 Å². The first-order valence-corrected chi connectivity index (χ1v) is 5.52. The summed E-state index contributed by atoms with van der Waals surface area (Å²) in [5.74, 6) is 1.79. The molecule has 4 atom stereocenters. The quantitative estimate of drug-likeness (QED) is 0.616. The lowest BCUT2D eigenvalue weighted by atomic mass is 9.85. The van der Waals surface area contributed by atoms with Gasteiger partial charge in [-0.2, -0.15) is 0 Å². The number of hydrogen-bond donors (Lipinski definition) is 0. The molecule has 0 spiro atoms. The van der Waals surface area contributed by atoms with Crippen molar-refractivity contribution >= 4 is 0 Å². The van der Waals surface area contributed by atoms with Gasteiger partial charge in [-0.15, -0.1) is 0 Å². The van der Waals surface area contributed by atoms with Gasteiger partial charge < -0.3 is 4.74 Å². The van der Waals surface area contributed by atoms with E-state index in [0.717, 1.165) is 11.8 Å². The minimum Gasteiger partial charge on any atom is -0.374 e. The molecule has 0 bridgehead atoms. The van der Waals surface area contributed by atoms with Gasteiger partial charge in [0, 0.05) is 0 Å². The van der Waals surface area contributed by atoms with Gasteiger partial charge in [0.05, 0.1) is 12.2 Å². The van der Waals surface area contributed by atoms with Crippen molar-refractivity contribution in [1.82, 2.24) is 0 Å². The molecule has 1 saturated heterocycles. The first-order valence-electron chi connectivity index (χ1n) is 5.52. The van der Waals surface area contributed by atoms with Crippen LogP contribution in [0.3, 0.4) is 0 Å². The Morgan fingerprint density at radius 1 is 1.17 bits per heavy atom. The van der Waals surface area contributed by atoms with Crippen LogP contribution in [0.2, 0.25) is 0 Å². The van der Waals surface area contributed by atoms with Crippen LogP contribution in [0.25, 0.3) is 0 Å². The Labute approximate surface area is 75.5 Å². The Kier molecular flexibility index (Phi) is 2.40. The van der Waals surface area contributed by atoms with Crippen molar-refractivity contribution in [3.8, 4) is 0 Å². The van der Waals surface area contributed by atoms with Crippen LogP contribution in [0.1, 0.15) is 46.0 Å². The molecule has 0 radical (unpaired) electrons. The molecule has 1 aliphatic carbocycles. The maximum Gasteiger partial charge on any atom is 0.0610 e. The fourth-order valence-electron chi connectivity index (χ4n) is 3.18. The third-order valence-corrected chi connectivity index (χ3v) is 3.75. The van der Waals surface area contributed by atoms with Crippen LogP contribution >= 0.6 is 0 Å². The highest BCUT2D eigenvalue weighted by Crippen LogP contribution is 2.45. The molecule has 4 unspecified atom stereocenters. The van der Waals surface area contributed by atoms with Gasteiger partial charge in [-0.25, -0.2) is 0 Å². The Balaban J connectivity index is 2.05. The third-order valence-electron chi connectivity index (χ3n) is 3.75. The van der Waals surface area contributed by atoms with Gasteiger partial charge in [-0.05, 0) is 31.1 Å². The van der Waals surface area contributed by atoms with Gasteiger partial charge >= 0.3 is 0 Å². The molecule has 0 aromatic rings. The Morgan fingerprint density at radius 3 is 2.67 bits per heavy atom. The van der Waals surface area contributed by atoms with E-state index in [0.29, 0.717) is 12.2 Å². The van der Waals surface area contributed by atoms with Gasteiger partial charge in [0.15, 0.2) is 0 Å². The normalized spacial score (nSPS) is 46.5. The van der Waals surface area contributed by atoms with Gasteiger partial charge in [-0.3, -0.25) is 0 Å². The smallest absolute Gasteiger partial charge is 0.0610 e. The van der Waals surface area contributed by atoms with E-state index in [2.05, 4.69) is 13.8 Å². The van der Waals surface area contributed by atoms with Crippen molar-refractivity contribution in [2.75, 3.05) is 0 Å². The Hall–Kier alpha value is -0.0400. The summed E-state index contributed by atoms with van der Waals surface area (Å²) >= 11 is 0. The largest absolute Gasteiger partial charge is 0.374 e. The van der Waals surface area contributed by atoms with E-state index in [9.17, 15) is 0 Å². The molecule has 1 aliphatic heterocycles. The molecule has 0 aromatic carbocycles. The van der Waals surface area contributed by atoms with E-state index in [1.54, 1.807) is 0 Å². The first-order chi connectivity index (χ1) is 5.86. The summed E-state index contributed by atoms with van der Waals surface area (Å²) in [5.41, 5.74) is 0. The predicted molar refractivity (Wildman–Crippen MR) is 50.1 cm³/mol. The highest BCUT2D eigenvalue weighted by atomic mass is 16.5. The van der Waals surface area contributed by atoms with Crippen LogP contribution in [0.15, 0.2) is 0 Å². The third kappa shape index (κ3) is 1.19. The molecule has 0 N–H and O–H groups in total. The summed E-state index contributed by atoms with van der Waals surface area (Å²) < 4.78 is 6.04. The topological polar surface area (TPSA) is 9.23 Å². The van der Waals surface area contributed by atoms with Gasteiger partial charge in [-0.1, -0.05) is 26.7 Å². The van der Waals surface area contributed by atoms with Gasteiger partial charge in [0.2, 0.25) is 0 Å². The summed E-state index contributed by atoms with van der Waals surface area (Å²) in [6.07, 6.45) is 7.93. The average Bonchev–Trinajstić information content (AvgIpc) is 2.61. The van der Waals surface area contributed by atoms with Crippen LogP contribution in [0.5, 0.6) is 0 Å². The second kappa shape index (κ2) is 3.37. The fraction of sp³-hybridized carbons (Fsp3) is 1.00. The lowest BCUT2D eigenvalue weighted by Crippen LogP contribution is -2.18. The molecular weight excluding hydrogens is 148 g/mol. The summed E-state index contributed by atoms with van der Waals surface area (Å²) in [6, 6.07) is 0. The second-order valence-corrected chi connectivity index (χ2v) is 4.29. The summed E-state index contributed by atoms with van der Waals surface area (Å²) in [7, 11) is 0. The summed E-state index contributed by atoms with van der Waals surface area (Å²) in [6.45, 7) is 4.58. The van der Waals surface area contributed by atoms with Crippen molar-refractivity contribution in [1.29, 1.82) is 0 Å². The zero-order valence-corrected chi connectivity index (χ0v) is 8.25. The van der Waals surface area contributed by atoms with Crippen LogP contribution in [0.4, 0.5) is 0 Å². The fourth-order valence-corrected chi connectivity index (χ4v) is 3.18. The van der Waals surface area contributed by atoms with E-state index in [1.165, 1.54) is 32.1 Å². The SMILES string of the molecule is CCC1OC2CCCC2C1CC. The highest BCUT2D eigenvalue weighted by molar-refractivity contribution is 4.92. The second-order valence-electron chi connectivity index (χ2n) is 4.29. The molecule has 2 aliphatic rings. The van der Waals surface area contributed by atoms with Crippen molar-refractivity contribution in [3.05, 3.63) is 0 Å². The van der Waals surface area contributed by atoms with Crippen molar-refractivity contribution < 1.29 is 4.74 Å². The average molecular weight is 168 g/mol. The molecule has 1 heterocycles. The zero-order valence-electron chi connectivity index (χ0n) is 8.25. The van der Waals surface area contributed by atoms with Crippen molar-refractivity contribution in [3.63, 3.8) is 0 Å². The number of rotatable bonds is 2. The molecule has 2 fully saturated rings. The van der Waals surface area contributed by atoms with Gasteiger partial charge in [0.25, 0.3) is 0 Å². The molecule has 2 rings (SSSR count). The monoisotopic (exact) mass is 168 g/mol. The van der Waals surface area contributed by atoms with E-state index < -0.39 is 0 Å². The molecule has 70 valence electrons. The number of hydrogen-bond acceptors (Lipinski definition) is 1. The van der Waals surface area contributed by atoms with Crippen LogP contribution < -0.4 is 0 Å². The standard InChI is InChI=1S/C11H20O/c1-3-8-9-6-5-7-11(9)12-10(8)4-2/h8-11H,3-7H2,1-2H3. The van der Waals surface area contributed by atoms with E-state index in [4.69, 9.17) is 4.74 Å². The Morgan fingerprint density at radius 2 is 2.00 bits per heavy atom. The minimum atomic E-state index is 0.588. The minimum absolute atomic E-state index is 0.588. The van der Waals surface area contributed by atoms with Crippen LogP contribution in [-0.2, 0) is 4.74 Å². The van der Waals surface area contributed by atoms with Crippen LogP contribution in [0, 0.1) is 11.8 Å². The molecule has 1 heteroatoms. The molecule has 0 aromatic heterocycles. The lowest BCUT2D eigenvalue weighted by Gasteiger charge is -2.18. The number of fused-ring (bicyclic) bond motifs is 1. The van der Waals surface area contributed by atoms with Crippen molar-refractivity contribution in [2.24, 2.45) is 11.8 Å².